The predicted molar refractivity (Wildman–Crippen MR) is 75.1 cm³/mol. The van der Waals surface area contributed by atoms with Crippen LogP contribution in [0.5, 0.6) is 0 Å². The van der Waals surface area contributed by atoms with Crippen LogP contribution >= 0.6 is 11.6 Å². The van der Waals surface area contributed by atoms with Crippen molar-refractivity contribution in [2.75, 3.05) is 11.4 Å². The summed E-state index contributed by atoms with van der Waals surface area (Å²) in [5.74, 6) is -2.65. The van der Waals surface area contributed by atoms with Crippen molar-refractivity contribution in [2.24, 2.45) is 5.92 Å². The quantitative estimate of drug-likeness (QED) is 0.911. The average molecular weight is 317 g/mol. The summed E-state index contributed by atoms with van der Waals surface area (Å²) in [5, 5.41) is 2.41. The van der Waals surface area contributed by atoms with Crippen molar-refractivity contribution >= 4 is 29.1 Å². The van der Waals surface area contributed by atoms with E-state index in [2.05, 4.69) is 5.32 Å². The summed E-state index contributed by atoms with van der Waals surface area (Å²) >= 11 is 5.87. The van der Waals surface area contributed by atoms with Gasteiger partial charge in [0.1, 0.15) is 11.9 Å². The molecule has 0 saturated carbocycles. The highest BCUT2D eigenvalue weighted by molar-refractivity contribution is 6.34. The topological polar surface area (TPSA) is 49.4 Å². The molecule has 1 aromatic carbocycles. The van der Waals surface area contributed by atoms with Crippen molar-refractivity contribution in [3.05, 3.63) is 28.8 Å². The van der Waals surface area contributed by atoms with Crippen LogP contribution in [0.3, 0.4) is 0 Å². The summed E-state index contributed by atoms with van der Waals surface area (Å²) in [7, 11) is 0. The Balaban J connectivity index is 2.47. The third-order valence-electron chi connectivity index (χ3n) is 3.33. The highest BCUT2D eigenvalue weighted by Gasteiger charge is 2.34. The number of carbonyl (C=O) groups excluding carboxylic acids is 2. The minimum absolute atomic E-state index is 0.00381. The molecule has 7 heteroatoms. The second-order valence-corrected chi connectivity index (χ2v) is 5.65. The maximum absolute atomic E-state index is 14.0. The van der Waals surface area contributed by atoms with Crippen LogP contribution in [0.15, 0.2) is 12.1 Å². The van der Waals surface area contributed by atoms with Gasteiger partial charge in [0.05, 0.1) is 10.7 Å². The van der Waals surface area contributed by atoms with Gasteiger partial charge in [-0.25, -0.2) is 8.78 Å². The van der Waals surface area contributed by atoms with Gasteiger partial charge in [0.25, 0.3) is 0 Å². The van der Waals surface area contributed by atoms with Crippen molar-refractivity contribution in [3.8, 4) is 0 Å². The Labute approximate surface area is 126 Å². The van der Waals surface area contributed by atoms with Gasteiger partial charge in [0.2, 0.25) is 11.8 Å². The molecule has 1 aliphatic rings. The van der Waals surface area contributed by atoms with E-state index in [0.717, 1.165) is 11.0 Å². The third kappa shape index (κ3) is 3.15. The molecule has 2 rings (SSSR count). The first-order valence-electron chi connectivity index (χ1n) is 6.56. The Morgan fingerprint density at radius 1 is 1.33 bits per heavy atom. The molecule has 1 heterocycles. The zero-order valence-electron chi connectivity index (χ0n) is 11.6. The summed E-state index contributed by atoms with van der Waals surface area (Å²) in [6, 6.07) is 0.845. The summed E-state index contributed by atoms with van der Waals surface area (Å²) < 4.78 is 27.1. The molecule has 4 nitrogen and oxygen atoms in total. The molecule has 1 unspecified atom stereocenters. The number of benzene rings is 1. The molecule has 1 aliphatic heterocycles. The molecule has 0 bridgehead atoms. The van der Waals surface area contributed by atoms with Gasteiger partial charge >= 0.3 is 0 Å². The fraction of sp³-hybridized carbons (Fsp3) is 0.429. The average Bonchev–Trinajstić information content (AvgIpc) is 2.50. The van der Waals surface area contributed by atoms with Crippen LogP contribution in [0.1, 0.15) is 20.3 Å². The van der Waals surface area contributed by atoms with Crippen molar-refractivity contribution < 1.29 is 18.4 Å². The first-order valence-corrected chi connectivity index (χ1v) is 6.94. The molecule has 1 saturated heterocycles. The smallest absolute Gasteiger partial charge is 0.249 e. The third-order valence-corrected chi connectivity index (χ3v) is 3.62. The van der Waals surface area contributed by atoms with Crippen LogP contribution in [0.25, 0.3) is 0 Å². The van der Waals surface area contributed by atoms with E-state index in [4.69, 9.17) is 11.6 Å². The van der Waals surface area contributed by atoms with Gasteiger partial charge < -0.3 is 10.2 Å². The Morgan fingerprint density at radius 3 is 2.57 bits per heavy atom. The summed E-state index contributed by atoms with van der Waals surface area (Å²) in [5.41, 5.74) is -0.190. The second-order valence-electron chi connectivity index (χ2n) is 5.25. The molecule has 114 valence electrons. The zero-order chi connectivity index (χ0) is 15.7. The molecule has 0 aliphatic carbocycles. The molecule has 0 spiro atoms. The number of nitrogens with one attached hydrogen (secondary N) is 1. The molecule has 0 radical (unpaired) electrons. The Morgan fingerprint density at radius 2 is 2.00 bits per heavy atom. The molecule has 1 fully saturated rings. The SMILES string of the molecule is CC(C)C1NC(=O)CCN(c2c(F)cc(F)cc2Cl)C1=O. The molecule has 2 amide bonds. The van der Waals surface area contributed by atoms with Gasteiger partial charge in [-0.1, -0.05) is 25.4 Å². The van der Waals surface area contributed by atoms with Crippen LogP contribution in [0.2, 0.25) is 5.02 Å². The molecule has 21 heavy (non-hydrogen) atoms. The van der Waals surface area contributed by atoms with Gasteiger partial charge in [-0.05, 0) is 12.0 Å². The standard InChI is InChI=1S/C14H15ClF2N2O2/c1-7(2)12-14(21)19(4-3-11(20)18-12)13-9(15)5-8(16)6-10(13)17/h5-7,12H,3-4H2,1-2H3,(H,18,20). The lowest BCUT2D eigenvalue weighted by Gasteiger charge is -2.27. The van der Waals surface area contributed by atoms with Crippen LogP contribution < -0.4 is 10.2 Å². The molecular weight excluding hydrogens is 302 g/mol. The number of amides is 2. The van der Waals surface area contributed by atoms with Crippen LogP contribution in [0, 0.1) is 17.6 Å². The highest BCUT2D eigenvalue weighted by Crippen LogP contribution is 2.31. The summed E-state index contributed by atoms with van der Waals surface area (Å²) in [6.45, 7) is 3.54. The van der Waals surface area contributed by atoms with E-state index in [1.807, 2.05) is 0 Å². The van der Waals surface area contributed by atoms with E-state index >= 15 is 0 Å². The largest absolute Gasteiger partial charge is 0.344 e. The Bertz CT molecular complexity index is 569. The lowest BCUT2D eigenvalue weighted by atomic mass is 10.0. The monoisotopic (exact) mass is 316 g/mol. The number of halogens is 3. The maximum Gasteiger partial charge on any atom is 0.249 e. The summed E-state index contributed by atoms with van der Waals surface area (Å²) in [4.78, 5) is 25.3. The van der Waals surface area contributed by atoms with E-state index in [9.17, 15) is 18.4 Å². The number of rotatable bonds is 2. The zero-order valence-corrected chi connectivity index (χ0v) is 12.4. The van der Waals surface area contributed by atoms with Gasteiger partial charge in [-0.15, -0.1) is 0 Å². The normalized spacial score (nSPS) is 19.7. The molecule has 0 aromatic heterocycles. The highest BCUT2D eigenvalue weighted by atomic mass is 35.5. The van der Waals surface area contributed by atoms with Crippen molar-refractivity contribution in [1.82, 2.24) is 5.32 Å². The van der Waals surface area contributed by atoms with Crippen molar-refractivity contribution in [2.45, 2.75) is 26.3 Å². The fourth-order valence-electron chi connectivity index (χ4n) is 2.27. The van der Waals surface area contributed by atoms with Crippen LogP contribution in [0.4, 0.5) is 14.5 Å². The number of nitrogens with zero attached hydrogens (tertiary/aromatic N) is 1. The maximum atomic E-state index is 14.0. The van der Waals surface area contributed by atoms with Gasteiger partial charge in [-0.2, -0.15) is 0 Å². The first-order chi connectivity index (χ1) is 9.81. The minimum Gasteiger partial charge on any atom is -0.344 e. The molecule has 1 atom stereocenters. The van der Waals surface area contributed by atoms with Crippen LogP contribution in [-0.4, -0.2) is 24.4 Å². The van der Waals surface area contributed by atoms with Crippen molar-refractivity contribution in [3.63, 3.8) is 0 Å². The van der Waals surface area contributed by atoms with Gasteiger partial charge in [0, 0.05) is 19.0 Å². The Hall–Kier alpha value is -1.69. The van der Waals surface area contributed by atoms with E-state index in [1.165, 1.54) is 0 Å². The number of hydrogen-bond acceptors (Lipinski definition) is 2. The number of carbonyl (C=O) groups is 2. The first kappa shape index (κ1) is 15.7. The number of hydrogen-bond donors (Lipinski definition) is 1. The predicted octanol–water partition coefficient (Wildman–Crippen LogP) is 2.50. The lowest BCUT2D eigenvalue weighted by molar-refractivity contribution is -0.126. The summed E-state index contributed by atoms with van der Waals surface area (Å²) in [6.07, 6.45) is 0.0299. The van der Waals surface area contributed by atoms with E-state index in [1.54, 1.807) is 13.8 Å². The fourth-order valence-corrected chi connectivity index (χ4v) is 2.56. The number of anilines is 1. The minimum atomic E-state index is -0.926. The van der Waals surface area contributed by atoms with Gasteiger partial charge in [0.15, 0.2) is 5.82 Å². The van der Waals surface area contributed by atoms with E-state index in [-0.39, 0.29) is 35.5 Å². The van der Waals surface area contributed by atoms with E-state index < -0.39 is 23.6 Å². The molecular formula is C14H15ClF2N2O2. The van der Waals surface area contributed by atoms with Crippen LogP contribution in [-0.2, 0) is 9.59 Å². The van der Waals surface area contributed by atoms with Gasteiger partial charge in [-0.3, -0.25) is 9.59 Å². The van der Waals surface area contributed by atoms with E-state index in [0.29, 0.717) is 6.07 Å². The van der Waals surface area contributed by atoms with Crippen molar-refractivity contribution in [1.29, 1.82) is 0 Å². The second kappa shape index (κ2) is 5.97. The molecule has 1 N–H and O–H groups in total. The Kier molecular flexibility index (Phi) is 4.46. The molecule has 1 aromatic rings. The lowest BCUT2D eigenvalue weighted by Crippen LogP contribution is -2.48.